The second kappa shape index (κ2) is 9.21. The third-order valence-electron chi connectivity index (χ3n) is 5.49. The molecule has 0 spiro atoms. The van der Waals surface area contributed by atoms with Gasteiger partial charge in [-0.2, -0.15) is 0 Å². The SMILES string of the molecule is CO[C@H]1CN(C(=O)OC(C)(C)C)CC[C@@H]1c1ccc(NC2CCC(=O)NC2=O)cc1F. The zero-order chi connectivity index (χ0) is 22.8. The third kappa shape index (κ3) is 5.72. The van der Waals surface area contributed by atoms with Crippen LogP contribution in [0.15, 0.2) is 18.2 Å². The van der Waals surface area contributed by atoms with Crippen LogP contribution in [0.5, 0.6) is 0 Å². The molecule has 1 aromatic carbocycles. The first-order valence-corrected chi connectivity index (χ1v) is 10.5. The second-order valence-electron chi connectivity index (χ2n) is 8.98. The number of ether oxygens (including phenoxy) is 2. The van der Waals surface area contributed by atoms with Gasteiger partial charge in [-0.1, -0.05) is 6.07 Å². The monoisotopic (exact) mass is 435 g/mol. The van der Waals surface area contributed by atoms with E-state index in [0.717, 1.165) is 0 Å². The highest BCUT2D eigenvalue weighted by molar-refractivity contribution is 6.01. The van der Waals surface area contributed by atoms with Gasteiger partial charge in [-0.25, -0.2) is 9.18 Å². The number of rotatable bonds is 4. The zero-order valence-corrected chi connectivity index (χ0v) is 18.4. The fraction of sp³-hybridized carbons (Fsp3) is 0.591. The Balaban J connectivity index is 1.67. The van der Waals surface area contributed by atoms with Gasteiger partial charge < -0.3 is 19.7 Å². The van der Waals surface area contributed by atoms with E-state index < -0.39 is 29.5 Å². The molecule has 3 amide bonds. The van der Waals surface area contributed by atoms with Crippen LogP contribution in [-0.4, -0.2) is 60.8 Å². The van der Waals surface area contributed by atoms with Gasteiger partial charge in [0.2, 0.25) is 11.8 Å². The number of hydrogen-bond acceptors (Lipinski definition) is 6. The number of imide groups is 1. The molecule has 2 fully saturated rings. The molecular formula is C22H30FN3O5. The molecule has 0 aliphatic carbocycles. The van der Waals surface area contributed by atoms with Crippen LogP contribution < -0.4 is 10.6 Å². The van der Waals surface area contributed by atoms with E-state index in [1.54, 1.807) is 24.1 Å². The summed E-state index contributed by atoms with van der Waals surface area (Å²) in [6.07, 6.45) is 0.370. The van der Waals surface area contributed by atoms with Crippen molar-refractivity contribution < 1.29 is 28.2 Å². The molecule has 0 saturated carbocycles. The molecule has 0 radical (unpaired) electrons. The summed E-state index contributed by atoms with van der Waals surface area (Å²) in [6, 6.07) is 4.18. The van der Waals surface area contributed by atoms with Crippen molar-refractivity contribution in [3.8, 4) is 0 Å². The molecule has 2 heterocycles. The smallest absolute Gasteiger partial charge is 0.410 e. The van der Waals surface area contributed by atoms with Crippen molar-refractivity contribution >= 4 is 23.6 Å². The number of anilines is 1. The summed E-state index contributed by atoms with van der Waals surface area (Å²) in [5.74, 6) is -1.33. The van der Waals surface area contributed by atoms with Gasteiger partial charge in [0.05, 0.1) is 12.6 Å². The first-order valence-electron chi connectivity index (χ1n) is 10.5. The average molecular weight is 435 g/mol. The molecule has 2 aliphatic rings. The third-order valence-corrected chi connectivity index (χ3v) is 5.49. The lowest BCUT2D eigenvalue weighted by molar-refractivity contribution is -0.133. The molecule has 3 rings (SSSR count). The first kappa shape index (κ1) is 23.0. The first-order chi connectivity index (χ1) is 14.6. The molecule has 31 heavy (non-hydrogen) atoms. The largest absolute Gasteiger partial charge is 0.444 e. The Labute approximate surface area is 181 Å². The molecule has 3 atom stereocenters. The Kier molecular flexibility index (Phi) is 6.83. The summed E-state index contributed by atoms with van der Waals surface area (Å²) >= 11 is 0. The number of nitrogens with one attached hydrogen (secondary N) is 2. The van der Waals surface area contributed by atoms with Crippen molar-refractivity contribution in [3.63, 3.8) is 0 Å². The molecule has 1 aromatic rings. The summed E-state index contributed by atoms with van der Waals surface area (Å²) in [4.78, 5) is 37.2. The molecule has 0 bridgehead atoms. The average Bonchev–Trinajstić information content (AvgIpc) is 2.68. The molecule has 8 nitrogen and oxygen atoms in total. The topological polar surface area (TPSA) is 97.0 Å². The highest BCUT2D eigenvalue weighted by Gasteiger charge is 2.36. The lowest BCUT2D eigenvalue weighted by atomic mass is 9.86. The number of methoxy groups -OCH3 is 1. The van der Waals surface area contributed by atoms with Crippen molar-refractivity contribution in [3.05, 3.63) is 29.6 Å². The molecule has 1 unspecified atom stereocenters. The Hall–Kier alpha value is -2.68. The van der Waals surface area contributed by atoms with E-state index in [4.69, 9.17) is 9.47 Å². The summed E-state index contributed by atoms with van der Waals surface area (Å²) in [5.41, 5.74) is 0.383. The minimum Gasteiger partial charge on any atom is -0.444 e. The van der Waals surface area contributed by atoms with E-state index in [1.807, 2.05) is 20.8 Å². The number of piperidine rings is 2. The van der Waals surface area contributed by atoms with Crippen molar-refractivity contribution in [2.45, 2.75) is 63.7 Å². The molecule has 0 aromatic heterocycles. The normalized spacial score (nSPS) is 24.5. The van der Waals surface area contributed by atoms with E-state index in [0.29, 0.717) is 37.2 Å². The van der Waals surface area contributed by atoms with Crippen LogP contribution in [0.25, 0.3) is 0 Å². The second-order valence-corrected chi connectivity index (χ2v) is 8.98. The van der Waals surface area contributed by atoms with Crippen molar-refractivity contribution in [2.75, 3.05) is 25.5 Å². The standard InChI is InChI=1S/C22H30FN3O5/c1-22(2,3)31-21(29)26-10-9-15(18(12-26)30-4)14-6-5-13(11-16(14)23)24-17-7-8-19(27)25-20(17)28/h5-6,11,15,17-18,24H,7-10,12H2,1-4H3,(H,25,27,28)/t15-,17?,18+/m1/s1. The molecule has 2 N–H and O–H groups in total. The number of carbonyl (C=O) groups excluding carboxylic acids is 3. The Bertz CT molecular complexity index is 854. The van der Waals surface area contributed by atoms with Gasteiger partial charge in [0, 0.05) is 31.7 Å². The van der Waals surface area contributed by atoms with Crippen LogP contribution in [0.1, 0.15) is 51.5 Å². The maximum absolute atomic E-state index is 15.0. The Morgan fingerprint density at radius 2 is 2.00 bits per heavy atom. The molecule has 9 heteroatoms. The van der Waals surface area contributed by atoms with Gasteiger partial charge in [-0.05, 0) is 51.3 Å². The Morgan fingerprint density at radius 3 is 2.61 bits per heavy atom. The van der Waals surface area contributed by atoms with E-state index in [-0.39, 0.29) is 24.3 Å². The van der Waals surface area contributed by atoms with Gasteiger partial charge in [0.1, 0.15) is 17.5 Å². The quantitative estimate of drug-likeness (QED) is 0.706. The minimum atomic E-state index is -0.589. The number of hydrogen-bond donors (Lipinski definition) is 2. The fourth-order valence-corrected chi connectivity index (χ4v) is 3.95. The maximum atomic E-state index is 15.0. The highest BCUT2D eigenvalue weighted by atomic mass is 19.1. The lowest BCUT2D eigenvalue weighted by Gasteiger charge is -2.38. The Morgan fingerprint density at radius 1 is 1.26 bits per heavy atom. The molecule has 2 aliphatic heterocycles. The summed E-state index contributed by atoms with van der Waals surface area (Å²) in [5, 5.41) is 5.26. The predicted octanol–water partition coefficient (Wildman–Crippen LogP) is 2.78. The van der Waals surface area contributed by atoms with Gasteiger partial charge in [0.25, 0.3) is 0 Å². The van der Waals surface area contributed by atoms with Crippen molar-refractivity contribution in [1.29, 1.82) is 0 Å². The molecule has 170 valence electrons. The minimum absolute atomic E-state index is 0.215. The van der Waals surface area contributed by atoms with Crippen LogP contribution in [0.2, 0.25) is 0 Å². The van der Waals surface area contributed by atoms with Crippen molar-refractivity contribution in [2.24, 2.45) is 0 Å². The fourth-order valence-electron chi connectivity index (χ4n) is 3.95. The summed E-state index contributed by atoms with van der Waals surface area (Å²) in [6.45, 7) is 6.18. The number of likely N-dealkylation sites (tertiary alicyclic amines) is 1. The molecular weight excluding hydrogens is 405 g/mol. The number of amides is 3. The number of carbonyl (C=O) groups is 3. The lowest BCUT2D eigenvalue weighted by Crippen LogP contribution is -2.48. The summed E-state index contributed by atoms with van der Waals surface area (Å²) in [7, 11) is 1.55. The highest BCUT2D eigenvalue weighted by Crippen LogP contribution is 2.33. The van der Waals surface area contributed by atoms with Crippen LogP contribution >= 0.6 is 0 Å². The van der Waals surface area contributed by atoms with Crippen LogP contribution in [-0.2, 0) is 19.1 Å². The predicted molar refractivity (Wildman–Crippen MR) is 112 cm³/mol. The molecule has 2 saturated heterocycles. The van der Waals surface area contributed by atoms with E-state index >= 15 is 0 Å². The number of halogens is 1. The summed E-state index contributed by atoms with van der Waals surface area (Å²) < 4.78 is 26.0. The van der Waals surface area contributed by atoms with Crippen LogP contribution in [0, 0.1) is 5.82 Å². The van der Waals surface area contributed by atoms with Crippen LogP contribution in [0.3, 0.4) is 0 Å². The van der Waals surface area contributed by atoms with Crippen LogP contribution in [0.4, 0.5) is 14.9 Å². The van der Waals surface area contributed by atoms with Gasteiger partial charge in [-0.15, -0.1) is 0 Å². The zero-order valence-electron chi connectivity index (χ0n) is 18.4. The van der Waals surface area contributed by atoms with Gasteiger partial charge in [-0.3, -0.25) is 14.9 Å². The van der Waals surface area contributed by atoms with E-state index in [2.05, 4.69) is 10.6 Å². The van der Waals surface area contributed by atoms with Gasteiger partial charge in [0.15, 0.2) is 0 Å². The van der Waals surface area contributed by atoms with E-state index in [1.165, 1.54) is 6.07 Å². The maximum Gasteiger partial charge on any atom is 0.410 e. The van der Waals surface area contributed by atoms with E-state index in [9.17, 15) is 18.8 Å². The van der Waals surface area contributed by atoms with Crippen molar-refractivity contribution in [1.82, 2.24) is 10.2 Å². The van der Waals surface area contributed by atoms with Gasteiger partial charge >= 0.3 is 6.09 Å². The number of benzene rings is 1. The number of nitrogens with zero attached hydrogens (tertiary/aromatic N) is 1.